The summed E-state index contributed by atoms with van der Waals surface area (Å²) in [6, 6.07) is 0. The summed E-state index contributed by atoms with van der Waals surface area (Å²) in [5, 5.41) is 15.9. The van der Waals surface area contributed by atoms with Crippen molar-refractivity contribution in [1.82, 2.24) is 35.9 Å². The summed E-state index contributed by atoms with van der Waals surface area (Å²) in [6.07, 6.45) is 1.42. The number of hydrogen-bond donors (Lipinski definition) is 2. The van der Waals surface area contributed by atoms with Gasteiger partial charge in [0.15, 0.2) is 5.82 Å². The van der Waals surface area contributed by atoms with E-state index in [0.29, 0.717) is 11.6 Å². The van der Waals surface area contributed by atoms with Crippen molar-refractivity contribution >= 4 is 17.5 Å². The molecule has 0 radical (unpaired) electrons. The van der Waals surface area contributed by atoms with Gasteiger partial charge in [-0.2, -0.15) is 5.21 Å². The Morgan fingerprint density at radius 1 is 1.53 bits per heavy atom. The standard InChI is InChI=1S/C10H12ClN7O/c1-5(2)9-12-3-6(11)8(14-9)10(19)13-4-7-15-17-18-16-7/h3,5H,4H2,1-2H3,(H,13,19)(H,15,16,17,18). The zero-order valence-corrected chi connectivity index (χ0v) is 11.1. The van der Waals surface area contributed by atoms with Gasteiger partial charge in [0.25, 0.3) is 5.91 Å². The van der Waals surface area contributed by atoms with Crippen molar-refractivity contribution in [2.75, 3.05) is 0 Å². The molecule has 19 heavy (non-hydrogen) atoms. The number of carbonyl (C=O) groups excluding carboxylic acids is 1. The second kappa shape index (κ2) is 5.70. The molecule has 8 nitrogen and oxygen atoms in total. The number of tetrazole rings is 1. The van der Waals surface area contributed by atoms with E-state index in [2.05, 4.69) is 35.9 Å². The number of aromatic amines is 1. The molecule has 2 aromatic heterocycles. The summed E-state index contributed by atoms with van der Waals surface area (Å²) in [7, 11) is 0. The maximum atomic E-state index is 12.0. The minimum absolute atomic E-state index is 0.112. The Morgan fingerprint density at radius 3 is 2.95 bits per heavy atom. The van der Waals surface area contributed by atoms with Crippen molar-refractivity contribution < 1.29 is 4.79 Å². The highest BCUT2D eigenvalue weighted by Gasteiger charge is 2.15. The van der Waals surface area contributed by atoms with Crippen LogP contribution in [0.15, 0.2) is 6.20 Å². The SMILES string of the molecule is CC(C)c1ncc(Cl)c(C(=O)NCc2nn[nH]n2)n1. The van der Waals surface area contributed by atoms with Crippen LogP contribution in [0.1, 0.15) is 41.9 Å². The highest BCUT2D eigenvalue weighted by atomic mass is 35.5. The van der Waals surface area contributed by atoms with Gasteiger partial charge in [0.1, 0.15) is 11.5 Å². The third kappa shape index (κ3) is 3.22. The van der Waals surface area contributed by atoms with E-state index in [9.17, 15) is 4.79 Å². The van der Waals surface area contributed by atoms with E-state index in [1.807, 2.05) is 13.8 Å². The topological polar surface area (TPSA) is 109 Å². The van der Waals surface area contributed by atoms with Gasteiger partial charge in [0.2, 0.25) is 0 Å². The first-order valence-corrected chi connectivity index (χ1v) is 5.98. The maximum Gasteiger partial charge on any atom is 0.271 e. The molecule has 0 atom stereocenters. The molecule has 100 valence electrons. The van der Waals surface area contributed by atoms with E-state index in [1.54, 1.807) is 0 Å². The van der Waals surface area contributed by atoms with E-state index < -0.39 is 5.91 Å². The van der Waals surface area contributed by atoms with Gasteiger partial charge in [0, 0.05) is 5.92 Å². The van der Waals surface area contributed by atoms with Crippen LogP contribution in [0.3, 0.4) is 0 Å². The molecule has 2 aromatic rings. The van der Waals surface area contributed by atoms with Gasteiger partial charge in [0.05, 0.1) is 17.8 Å². The molecule has 0 aromatic carbocycles. The van der Waals surface area contributed by atoms with Crippen molar-refractivity contribution in [2.24, 2.45) is 0 Å². The van der Waals surface area contributed by atoms with Gasteiger partial charge < -0.3 is 5.32 Å². The number of nitrogens with one attached hydrogen (secondary N) is 2. The number of carbonyl (C=O) groups is 1. The Hall–Kier alpha value is -2.09. The molecule has 0 aliphatic rings. The molecule has 2 heterocycles. The quantitative estimate of drug-likeness (QED) is 0.853. The largest absolute Gasteiger partial charge is 0.343 e. The number of nitrogens with zero attached hydrogens (tertiary/aromatic N) is 5. The fourth-order valence-corrected chi connectivity index (χ4v) is 1.50. The van der Waals surface area contributed by atoms with Crippen LogP contribution in [0.2, 0.25) is 5.02 Å². The van der Waals surface area contributed by atoms with Crippen LogP contribution in [0, 0.1) is 0 Å². The maximum absolute atomic E-state index is 12.0. The predicted molar refractivity (Wildman–Crippen MR) is 66.5 cm³/mol. The van der Waals surface area contributed by atoms with Gasteiger partial charge in [-0.3, -0.25) is 4.79 Å². The fourth-order valence-electron chi connectivity index (χ4n) is 1.32. The van der Waals surface area contributed by atoms with Gasteiger partial charge >= 0.3 is 0 Å². The lowest BCUT2D eigenvalue weighted by Gasteiger charge is -2.07. The van der Waals surface area contributed by atoms with Crippen molar-refractivity contribution in [3.8, 4) is 0 Å². The molecule has 0 fully saturated rings. The van der Waals surface area contributed by atoms with Crippen LogP contribution >= 0.6 is 11.6 Å². The highest BCUT2D eigenvalue weighted by molar-refractivity contribution is 6.33. The van der Waals surface area contributed by atoms with E-state index in [0.717, 1.165) is 0 Å². The molecule has 0 saturated heterocycles. The van der Waals surface area contributed by atoms with Crippen LogP contribution < -0.4 is 5.32 Å². The third-order valence-electron chi connectivity index (χ3n) is 2.29. The molecule has 0 unspecified atom stereocenters. The minimum Gasteiger partial charge on any atom is -0.343 e. The Kier molecular flexibility index (Phi) is 4.00. The van der Waals surface area contributed by atoms with Crippen LogP contribution in [-0.4, -0.2) is 36.5 Å². The van der Waals surface area contributed by atoms with Crippen LogP contribution in [0.25, 0.3) is 0 Å². The van der Waals surface area contributed by atoms with E-state index in [1.165, 1.54) is 6.20 Å². The summed E-state index contributed by atoms with van der Waals surface area (Å²) in [5.41, 5.74) is 0.142. The first-order valence-electron chi connectivity index (χ1n) is 5.61. The molecule has 2 rings (SSSR count). The molecule has 9 heteroatoms. The number of halogens is 1. The summed E-state index contributed by atoms with van der Waals surface area (Å²) >= 11 is 5.92. The third-order valence-corrected chi connectivity index (χ3v) is 2.57. The molecule has 0 bridgehead atoms. The number of hydrogen-bond acceptors (Lipinski definition) is 6. The Bertz CT molecular complexity index is 569. The van der Waals surface area contributed by atoms with Gasteiger partial charge in [-0.05, 0) is 0 Å². The van der Waals surface area contributed by atoms with Crippen molar-refractivity contribution in [3.63, 3.8) is 0 Å². The monoisotopic (exact) mass is 281 g/mol. The summed E-state index contributed by atoms with van der Waals surface area (Å²) in [6.45, 7) is 4.02. The average molecular weight is 282 g/mol. The summed E-state index contributed by atoms with van der Waals surface area (Å²) < 4.78 is 0. The summed E-state index contributed by atoms with van der Waals surface area (Å²) in [4.78, 5) is 20.2. The molecule has 0 aliphatic heterocycles. The lowest BCUT2D eigenvalue weighted by atomic mass is 10.2. The molecular weight excluding hydrogens is 270 g/mol. The molecule has 2 N–H and O–H groups in total. The Balaban J connectivity index is 2.11. The number of amides is 1. The van der Waals surface area contributed by atoms with Crippen LogP contribution in [0.5, 0.6) is 0 Å². The second-order valence-electron chi connectivity index (χ2n) is 4.09. The highest BCUT2D eigenvalue weighted by Crippen LogP contribution is 2.16. The predicted octanol–water partition coefficient (Wildman–Crippen LogP) is 0.696. The van der Waals surface area contributed by atoms with E-state index in [4.69, 9.17) is 11.6 Å². The van der Waals surface area contributed by atoms with Crippen LogP contribution in [-0.2, 0) is 6.54 Å². The summed E-state index contributed by atoms with van der Waals surface area (Å²) in [5.74, 6) is 0.650. The van der Waals surface area contributed by atoms with Gasteiger partial charge in [-0.15, -0.1) is 10.2 Å². The van der Waals surface area contributed by atoms with Crippen molar-refractivity contribution in [1.29, 1.82) is 0 Å². The first-order chi connectivity index (χ1) is 9.08. The second-order valence-corrected chi connectivity index (χ2v) is 4.50. The van der Waals surface area contributed by atoms with Gasteiger partial charge in [-0.25, -0.2) is 9.97 Å². The lowest BCUT2D eigenvalue weighted by molar-refractivity contribution is 0.0944. The van der Waals surface area contributed by atoms with E-state index in [-0.39, 0.29) is 23.2 Å². The smallest absolute Gasteiger partial charge is 0.271 e. The lowest BCUT2D eigenvalue weighted by Crippen LogP contribution is -2.25. The first kappa shape index (κ1) is 13.3. The molecule has 0 spiro atoms. The number of H-pyrrole nitrogens is 1. The Morgan fingerprint density at radius 2 is 2.32 bits per heavy atom. The zero-order chi connectivity index (χ0) is 13.8. The molecular formula is C10H12ClN7O. The Labute approximate surface area is 114 Å². The van der Waals surface area contributed by atoms with Crippen molar-refractivity contribution in [3.05, 3.63) is 28.6 Å². The minimum atomic E-state index is -0.404. The molecule has 0 aliphatic carbocycles. The number of rotatable bonds is 4. The normalized spacial score (nSPS) is 10.7. The zero-order valence-electron chi connectivity index (χ0n) is 10.4. The van der Waals surface area contributed by atoms with Gasteiger partial charge in [-0.1, -0.05) is 30.7 Å². The van der Waals surface area contributed by atoms with Crippen LogP contribution in [0.4, 0.5) is 0 Å². The average Bonchev–Trinajstić information content (AvgIpc) is 2.89. The molecule has 1 amide bonds. The molecule has 0 saturated carbocycles. The number of aromatic nitrogens is 6. The van der Waals surface area contributed by atoms with E-state index >= 15 is 0 Å². The fraction of sp³-hybridized carbons (Fsp3) is 0.400. The van der Waals surface area contributed by atoms with Crippen molar-refractivity contribution in [2.45, 2.75) is 26.3 Å².